The molecule has 1 saturated carbocycles. The summed E-state index contributed by atoms with van der Waals surface area (Å²) >= 11 is 12.0. The summed E-state index contributed by atoms with van der Waals surface area (Å²) in [5.41, 5.74) is 6.24. The van der Waals surface area contributed by atoms with Crippen LogP contribution in [0.15, 0.2) is 22.7 Å². The average molecular weight is 381 g/mol. The highest BCUT2D eigenvalue weighted by atomic mass is 35.5. The van der Waals surface area contributed by atoms with Gasteiger partial charge in [0.2, 0.25) is 5.89 Å². The Morgan fingerprint density at radius 3 is 2.60 bits per heavy atom. The number of halogens is 2. The van der Waals surface area contributed by atoms with Gasteiger partial charge in [0.15, 0.2) is 5.82 Å². The molecule has 0 radical (unpaired) electrons. The smallest absolute Gasteiger partial charge is 0.254 e. The van der Waals surface area contributed by atoms with Crippen molar-refractivity contribution in [1.82, 2.24) is 15.0 Å². The van der Waals surface area contributed by atoms with Gasteiger partial charge in [0.1, 0.15) is 6.04 Å². The first-order valence-corrected chi connectivity index (χ1v) is 9.12. The van der Waals surface area contributed by atoms with Crippen LogP contribution in [-0.2, 0) is 5.54 Å². The number of hydrogen-bond acceptors (Lipinski definition) is 5. The average Bonchev–Trinajstić information content (AvgIpc) is 3.19. The molecule has 1 aromatic heterocycles. The normalized spacial score (nSPS) is 22.0. The number of nitrogens with zero attached hydrogens (tertiary/aromatic N) is 3. The third-order valence-electron chi connectivity index (χ3n) is 5.04. The summed E-state index contributed by atoms with van der Waals surface area (Å²) in [6.45, 7) is 0.624. The molecule has 1 atom stereocenters. The Balaban J connectivity index is 1.59. The van der Waals surface area contributed by atoms with Crippen LogP contribution < -0.4 is 5.73 Å². The topological polar surface area (TPSA) is 85.2 Å². The minimum atomic E-state index is -0.477. The standard InChI is InChI=1S/C17H18Cl2N4O2/c18-11-7-10(8-12(19)9-11)15(24)23-6-1-3-13(23)14-21-16(22-25-14)17(20)4-2-5-17/h7-9,13H,1-6,20H2. The van der Waals surface area contributed by atoms with Crippen LogP contribution in [0.4, 0.5) is 0 Å². The second-order valence-electron chi connectivity index (χ2n) is 6.78. The van der Waals surface area contributed by atoms with Crippen LogP contribution in [0.3, 0.4) is 0 Å². The third kappa shape index (κ3) is 3.03. The molecular formula is C17H18Cl2N4O2. The Hall–Kier alpha value is -1.63. The van der Waals surface area contributed by atoms with E-state index in [0.29, 0.717) is 33.9 Å². The van der Waals surface area contributed by atoms with Gasteiger partial charge >= 0.3 is 0 Å². The molecular weight excluding hydrogens is 363 g/mol. The maximum Gasteiger partial charge on any atom is 0.254 e. The van der Waals surface area contributed by atoms with Gasteiger partial charge in [0.25, 0.3) is 5.91 Å². The predicted molar refractivity (Wildman–Crippen MR) is 93.5 cm³/mol. The Morgan fingerprint density at radius 2 is 1.96 bits per heavy atom. The van der Waals surface area contributed by atoms with Crippen LogP contribution in [-0.4, -0.2) is 27.5 Å². The van der Waals surface area contributed by atoms with Crippen molar-refractivity contribution in [3.05, 3.63) is 45.5 Å². The van der Waals surface area contributed by atoms with E-state index < -0.39 is 5.54 Å². The zero-order valence-electron chi connectivity index (χ0n) is 13.5. The van der Waals surface area contributed by atoms with Crippen LogP contribution in [0.25, 0.3) is 0 Å². The third-order valence-corrected chi connectivity index (χ3v) is 5.48. The fourth-order valence-electron chi connectivity index (χ4n) is 3.46. The highest BCUT2D eigenvalue weighted by Crippen LogP contribution is 2.39. The van der Waals surface area contributed by atoms with Crippen molar-refractivity contribution in [3.8, 4) is 0 Å². The summed E-state index contributed by atoms with van der Waals surface area (Å²) in [7, 11) is 0. The van der Waals surface area contributed by atoms with Crippen LogP contribution >= 0.6 is 23.2 Å². The summed E-state index contributed by atoms with van der Waals surface area (Å²) in [4.78, 5) is 19.1. The monoisotopic (exact) mass is 380 g/mol. The van der Waals surface area contributed by atoms with Crippen molar-refractivity contribution in [2.75, 3.05) is 6.54 Å². The first-order valence-electron chi connectivity index (χ1n) is 8.36. The molecule has 8 heteroatoms. The number of carbonyl (C=O) groups is 1. The minimum absolute atomic E-state index is 0.141. The molecule has 2 aliphatic rings. The van der Waals surface area contributed by atoms with E-state index >= 15 is 0 Å². The zero-order chi connectivity index (χ0) is 17.6. The largest absolute Gasteiger partial charge is 0.337 e. The summed E-state index contributed by atoms with van der Waals surface area (Å²) in [6, 6.07) is 4.60. The molecule has 6 nitrogen and oxygen atoms in total. The van der Waals surface area contributed by atoms with Crippen molar-refractivity contribution < 1.29 is 9.32 Å². The van der Waals surface area contributed by atoms with Crippen molar-refractivity contribution >= 4 is 29.1 Å². The minimum Gasteiger partial charge on any atom is -0.337 e. The number of carbonyl (C=O) groups excluding carboxylic acids is 1. The molecule has 1 saturated heterocycles. The zero-order valence-corrected chi connectivity index (χ0v) is 15.1. The Morgan fingerprint density at radius 1 is 1.24 bits per heavy atom. The van der Waals surface area contributed by atoms with Gasteiger partial charge in [-0.25, -0.2) is 0 Å². The van der Waals surface area contributed by atoms with Crippen LogP contribution in [0, 0.1) is 0 Å². The van der Waals surface area contributed by atoms with E-state index in [0.717, 1.165) is 32.1 Å². The quantitative estimate of drug-likeness (QED) is 0.877. The lowest BCUT2D eigenvalue weighted by molar-refractivity contribution is 0.0710. The SMILES string of the molecule is NC1(c2noc(C3CCCN3C(=O)c3cc(Cl)cc(Cl)c3)n2)CCC1. The lowest BCUT2D eigenvalue weighted by Gasteiger charge is -2.34. The first kappa shape index (κ1) is 16.8. The van der Waals surface area contributed by atoms with Gasteiger partial charge in [0.05, 0.1) is 5.54 Å². The summed E-state index contributed by atoms with van der Waals surface area (Å²) in [6.07, 6.45) is 4.44. The second-order valence-corrected chi connectivity index (χ2v) is 7.65. The number of nitrogens with two attached hydrogens (primary N) is 1. The van der Waals surface area contributed by atoms with E-state index in [-0.39, 0.29) is 11.9 Å². The molecule has 2 N–H and O–H groups in total. The highest BCUT2D eigenvalue weighted by Gasteiger charge is 2.41. The van der Waals surface area contributed by atoms with Crippen LogP contribution in [0.5, 0.6) is 0 Å². The highest BCUT2D eigenvalue weighted by molar-refractivity contribution is 6.35. The van der Waals surface area contributed by atoms with Crippen molar-refractivity contribution in [1.29, 1.82) is 0 Å². The van der Waals surface area contributed by atoms with Crippen LogP contribution in [0.2, 0.25) is 10.0 Å². The Labute approximate surface area is 155 Å². The predicted octanol–water partition coefficient (Wildman–Crippen LogP) is 3.69. The number of hydrogen-bond donors (Lipinski definition) is 1. The van der Waals surface area contributed by atoms with Gasteiger partial charge in [-0.1, -0.05) is 28.4 Å². The van der Waals surface area contributed by atoms with Gasteiger partial charge in [-0.15, -0.1) is 0 Å². The maximum absolute atomic E-state index is 12.9. The molecule has 1 unspecified atom stereocenters. The van der Waals surface area contributed by atoms with Gasteiger partial charge in [-0.3, -0.25) is 4.79 Å². The number of amides is 1. The van der Waals surface area contributed by atoms with E-state index in [4.69, 9.17) is 33.5 Å². The van der Waals surface area contributed by atoms with E-state index in [1.54, 1.807) is 23.1 Å². The van der Waals surface area contributed by atoms with E-state index in [9.17, 15) is 4.79 Å². The molecule has 0 bridgehead atoms. The molecule has 132 valence electrons. The van der Waals surface area contributed by atoms with Gasteiger partial charge < -0.3 is 15.2 Å². The molecule has 25 heavy (non-hydrogen) atoms. The van der Waals surface area contributed by atoms with Crippen molar-refractivity contribution in [3.63, 3.8) is 0 Å². The second kappa shape index (κ2) is 6.27. The molecule has 0 spiro atoms. The molecule has 1 aliphatic carbocycles. The summed E-state index contributed by atoms with van der Waals surface area (Å²) in [5.74, 6) is 0.849. The number of aromatic nitrogens is 2. The fraction of sp³-hybridized carbons (Fsp3) is 0.471. The van der Waals surface area contributed by atoms with E-state index in [1.807, 2.05) is 0 Å². The van der Waals surface area contributed by atoms with Crippen molar-refractivity contribution in [2.45, 2.75) is 43.7 Å². The summed E-state index contributed by atoms with van der Waals surface area (Å²) < 4.78 is 5.45. The molecule has 4 rings (SSSR count). The molecule has 1 aromatic carbocycles. The van der Waals surface area contributed by atoms with Crippen LogP contribution in [0.1, 0.15) is 60.2 Å². The van der Waals surface area contributed by atoms with E-state index in [2.05, 4.69) is 10.1 Å². The Bertz CT molecular complexity index is 798. The number of likely N-dealkylation sites (tertiary alicyclic amines) is 1. The van der Waals surface area contributed by atoms with Gasteiger partial charge in [-0.05, 0) is 50.3 Å². The molecule has 1 aliphatic heterocycles. The number of benzene rings is 1. The molecule has 2 fully saturated rings. The summed E-state index contributed by atoms with van der Waals surface area (Å²) in [5, 5.41) is 4.92. The van der Waals surface area contributed by atoms with Gasteiger partial charge in [-0.2, -0.15) is 4.98 Å². The van der Waals surface area contributed by atoms with E-state index in [1.165, 1.54) is 0 Å². The number of rotatable bonds is 3. The molecule has 1 amide bonds. The lowest BCUT2D eigenvalue weighted by Crippen LogP contribution is -2.44. The maximum atomic E-state index is 12.9. The first-order chi connectivity index (χ1) is 12.0. The van der Waals surface area contributed by atoms with Crippen molar-refractivity contribution in [2.24, 2.45) is 5.73 Å². The van der Waals surface area contributed by atoms with Gasteiger partial charge in [0, 0.05) is 22.2 Å². The lowest BCUT2D eigenvalue weighted by atomic mass is 9.77. The Kier molecular flexibility index (Phi) is 4.22. The molecule has 2 heterocycles. The fourth-order valence-corrected chi connectivity index (χ4v) is 3.99. The molecule has 2 aromatic rings.